The van der Waals surface area contributed by atoms with E-state index < -0.39 is 0 Å². The van der Waals surface area contributed by atoms with Crippen LogP contribution in [-0.2, 0) is 0 Å². The highest BCUT2D eigenvalue weighted by atomic mass is 32.1. The summed E-state index contributed by atoms with van der Waals surface area (Å²) in [5, 5.41) is 4.72. The van der Waals surface area contributed by atoms with Gasteiger partial charge in [0.25, 0.3) is 11.8 Å². The molecule has 1 fully saturated rings. The monoisotopic (exact) mass is 392 g/mol. The van der Waals surface area contributed by atoms with Crippen LogP contribution in [0.25, 0.3) is 0 Å². The van der Waals surface area contributed by atoms with Crippen molar-refractivity contribution >= 4 is 34.5 Å². The maximum Gasteiger partial charge on any atom is 0.265 e. The van der Waals surface area contributed by atoms with Crippen LogP contribution in [0.5, 0.6) is 0 Å². The third kappa shape index (κ3) is 4.04. The molecule has 0 aliphatic carbocycles. The molecular formula is C21H20N4O2S. The first kappa shape index (κ1) is 18.2. The first-order valence-electron chi connectivity index (χ1n) is 9.10. The van der Waals surface area contributed by atoms with Gasteiger partial charge in [-0.3, -0.25) is 14.6 Å². The number of carbonyl (C=O) groups excluding carboxylic acids is 2. The molecule has 0 spiro atoms. The van der Waals surface area contributed by atoms with Crippen molar-refractivity contribution in [3.05, 3.63) is 76.7 Å². The Labute approximate surface area is 167 Å². The van der Waals surface area contributed by atoms with E-state index in [-0.39, 0.29) is 11.8 Å². The van der Waals surface area contributed by atoms with Crippen LogP contribution in [0.2, 0.25) is 0 Å². The molecule has 2 aromatic heterocycles. The highest BCUT2D eigenvalue weighted by molar-refractivity contribution is 7.12. The summed E-state index contributed by atoms with van der Waals surface area (Å²) in [6.45, 7) is 2.88. The number of aromatic nitrogens is 1. The highest BCUT2D eigenvalue weighted by Gasteiger charge is 2.22. The first-order valence-corrected chi connectivity index (χ1v) is 9.98. The Morgan fingerprint density at radius 3 is 2.46 bits per heavy atom. The molecule has 0 saturated carbocycles. The molecule has 1 N–H and O–H groups in total. The van der Waals surface area contributed by atoms with E-state index >= 15 is 0 Å². The van der Waals surface area contributed by atoms with E-state index in [9.17, 15) is 9.59 Å². The van der Waals surface area contributed by atoms with Crippen LogP contribution >= 0.6 is 11.3 Å². The smallest absolute Gasteiger partial charge is 0.265 e. The van der Waals surface area contributed by atoms with Crippen LogP contribution < -0.4 is 10.2 Å². The van der Waals surface area contributed by atoms with E-state index in [0.717, 1.165) is 18.8 Å². The Morgan fingerprint density at radius 1 is 0.964 bits per heavy atom. The quantitative estimate of drug-likeness (QED) is 0.739. The number of thiophene rings is 1. The predicted octanol–water partition coefficient (Wildman–Crippen LogP) is 3.36. The molecule has 7 heteroatoms. The van der Waals surface area contributed by atoms with Crippen molar-refractivity contribution in [1.29, 1.82) is 0 Å². The second-order valence-electron chi connectivity index (χ2n) is 6.50. The lowest BCUT2D eigenvalue weighted by atomic mass is 10.1. The van der Waals surface area contributed by atoms with E-state index in [1.807, 2.05) is 28.5 Å². The second-order valence-corrected chi connectivity index (χ2v) is 7.44. The molecule has 3 aromatic rings. The lowest BCUT2D eigenvalue weighted by Crippen LogP contribution is -2.48. The molecule has 3 heterocycles. The second kappa shape index (κ2) is 8.22. The molecule has 0 bridgehead atoms. The highest BCUT2D eigenvalue weighted by Crippen LogP contribution is 2.19. The Morgan fingerprint density at radius 2 is 1.75 bits per heavy atom. The number of amides is 2. The zero-order valence-corrected chi connectivity index (χ0v) is 16.1. The molecule has 1 aliphatic heterocycles. The van der Waals surface area contributed by atoms with E-state index in [4.69, 9.17) is 0 Å². The fraction of sp³-hybridized carbons (Fsp3) is 0.190. The van der Waals surface area contributed by atoms with Gasteiger partial charge >= 0.3 is 0 Å². The largest absolute Gasteiger partial charge is 0.368 e. The number of carbonyl (C=O) groups is 2. The molecule has 2 amide bonds. The van der Waals surface area contributed by atoms with Crippen LogP contribution in [-0.4, -0.2) is 47.9 Å². The van der Waals surface area contributed by atoms with Gasteiger partial charge in [0.05, 0.1) is 4.88 Å². The van der Waals surface area contributed by atoms with Crippen molar-refractivity contribution in [3.63, 3.8) is 0 Å². The van der Waals surface area contributed by atoms with Crippen LogP contribution in [0.1, 0.15) is 20.0 Å². The number of pyridine rings is 1. The number of hydrogen-bond acceptors (Lipinski definition) is 5. The van der Waals surface area contributed by atoms with Gasteiger partial charge in [-0.05, 0) is 41.8 Å². The molecule has 4 rings (SSSR count). The van der Waals surface area contributed by atoms with Gasteiger partial charge in [-0.2, -0.15) is 0 Å². The number of nitrogens with zero attached hydrogens (tertiary/aromatic N) is 3. The predicted molar refractivity (Wildman–Crippen MR) is 111 cm³/mol. The molecule has 0 atom stereocenters. The lowest BCUT2D eigenvalue weighted by Gasteiger charge is -2.36. The van der Waals surface area contributed by atoms with Gasteiger partial charge in [-0.15, -0.1) is 11.3 Å². The minimum Gasteiger partial charge on any atom is -0.368 e. The standard InChI is InChI=1S/C21H20N4O2S/c26-20(19-5-2-14-28-19)23-17-4-1-3-16(15-17)21(27)25-12-10-24(11-13-25)18-6-8-22-9-7-18/h1-9,14-15H,10-13H2,(H,23,26). The van der Waals surface area contributed by atoms with Gasteiger partial charge in [0.1, 0.15) is 0 Å². The van der Waals surface area contributed by atoms with Gasteiger partial charge in [0.2, 0.25) is 0 Å². The maximum absolute atomic E-state index is 12.9. The topological polar surface area (TPSA) is 65.5 Å². The molecule has 0 unspecified atom stereocenters. The van der Waals surface area contributed by atoms with E-state index in [2.05, 4.69) is 15.2 Å². The van der Waals surface area contributed by atoms with Gasteiger partial charge in [-0.1, -0.05) is 12.1 Å². The van der Waals surface area contributed by atoms with Gasteiger partial charge in [-0.25, -0.2) is 0 Å². The summed E-state index contributed by atoms with van der Waals surface area (Å²) in [6.07, 6.45) is 3.56. The number of benzene rings is 1. The molecule has 1 aromatic carbocycles. The Bertz CT molecular complexity index is 952. The zero-order valence-electron chi connectivity index (χ0n) is 15.2. The van der Waals surface area contributed by atoms with Crippen molar-refractivity contribution in [1.82, 2.24) is 9.88 Å². The zero-order chi connectivity index (χ0) is 19.3. The summed E-state index contributed by atoms with van der Waals surface area (Å²) >= 11 is 1.39. The van der Waals surface area contributed by atoms with Gasteiger partial charge < -0.3 is 15.1 Å². The van der Waals surface area contributed by atoms with E-state index in [1.54, 1.807) is 42.7 Å². The van der Waals surface area contributed by atoms with Crippen molar-refractivity contribution in [2.24, 2.45) is 0 Å². The normalized spacial score (nSPS) is 14.0. The summed E-state index contributed by atoms with van der Waals surface area (Å²) in [6, 6.07) is 14.7. The first-order chi connectivity index (χ1) is 13.7. The summed E-state index contributed by atoms with van der Waals surface area (Å²) in [5.41, 5.74) is 2.33. The number of rotatable bonds is 4. The average molecular weight is 392 g/mol. The third-order valence-corrected chi connectivity index (χ3v) is 5.58. The van der Waals surface area contributed by atoms with Crippen molar-refractivity contribution in [2.45, 2.75) is 0 Å². The minimum absolute atomic E-state index is 0.0124. The summed E-state index contributed by atoms with van der Waals surface area (Å²) in [7, 11) is 0. The fourth-order valence-electron chi connectivity index (χ4n) is 3.24. The molecule has 1 saturated heterocycles. The fourth-order valence-corrected chi connectivity index (χ4v) is 3.85. The molecule has 1 aliphatic rings. The maximum atomic E-state index is 12.9. The number of piperazine rings is 1. The number of anilines is 2. The van der Waals surface area contributed by atoms with Crippen molar-refractivity contribution < 1.29 is 9.59 Å². The SMILES string of the molecule is O=C(Nc1cccc(C(=O)N2CCN(c3ccncc3)CC2)c1)c1cccs1. The molecule has 142 valence electrons. The molecular weight excluding hydrogens is 372 g/mol. The van der Waals surface area contributed by atoms with Gasteiger partial charge in [0, 0.05) is 55.5 Å². The Hall–Kier alpha value is -3.19. The van der Waals surface area contributed by atoms with Crippen LogP contribution in [0.15, 0.2) is 66.3 Å². The van der Waals surface area contributed by atoms with Crippen LogP contribution in [0.4, 0.5) is 11.4 Å². The van der Waals surface area contributed by atoms with Crippen LogP contribution in [0, 0.1) is 0 Å². The molecule has 28 heavy (non-hydrogen) atoms. The third-order valence-electron chi connectivity index (χ3n) is 4.71. The van der Waals surface area contributed by atoms with Gasteiger partial charge in [0.15, 0.2) is 0 Å². The number of hydrogen-bond donors (Lipinski definition) is 1. The van der Waals surface area contributed by atoms with Crippen molar-refractivity contribution in [2.75, 3.05) is 36.4 Å². The minimum atomic E-state index is -0.162. The van der Waals surface area contributed by atoms with E-state index in [1.165, 1.54) is 11.3 Å². The molecule has 0 radical (unpaired) electrons. The summed E-state index contributed by atoms with van der Waals surface area (Å²) < 4.78 is 0. The van der Waals surface area contributed by atoms with Crippen LogP contribution in [0.3, 0.4) is 0 Å². The Kier molecular flexibility index (Phi) is 5.34. The summed E-state index contributed by atoms with van der Waals surface area (Å²) in [5.74, 6) is -0.174. The lowest BCUT2D eigenvalue weighted by molar-refractivity contribution is 0.0746. The summed E-state index contributed by atoms with van der Waals surface area (Å²) in [4.78, 5) is 33.9. The van der Waals surface area contributed by atoms with E-state index in [0.29, 0.717) is 29.2 Å². The Balaban J connectivity index is 1.39. The average Bonchev–Trinajstić information content (AvgIpc) is 3.29. The number of nitrogens with one attached hydrogen (secondary N) is 1. The molecule has 6 nitrogen and oxygen atoms in total. The van der Waals surface area contributed by atoms with Crippen molar-refractivity contribution in [3.8, 4) is 0 Å².